The summed E-state index contributed by atoms with van der Waals surface area (Å²) >= 11 is 0. The van der Waals surface area contributed by atoms with Crippen molar-refractivity contribution < 1.29 is 4.79 Å². The van der Waals surface area contributed by atoms with E-state index in [4.69, 9.17) is 0 Å². The molecule has 0 saturated carbocycles. The normalized spacial score (nSPS) is 12.1. The second-order valence-electron chi connectivity index (χ2n) is 5.38. The molecule has 23 heavy (non-hydrogen) atoms. The molecule has 8 heteroatoms. The third kappa shape index (κ3) is 3.60. The number of amides is 1. The van der Waals surface area contributed by atoms with Crippen LogP contribution in [0.15, 0.2) is 43.1 Å². The highest BCUT2D eigenvalue weighted by Crippen LogP contribution is 2.08. The van der Waals surface area contributed by atoms with E-state index in [2.05, 4.69) is 25.7 Å². The van der Waals surface area contributed by atoms with Crippen LogP contribution < -0.4 is 5.32 Å². The lowest BCUT2D eigenvalue weighted by Crippen LogP contribution is -2.36. The van der Waals surface area contributed by atoms with E-state index >= 15 is 0 Å². The lowest BCUT2D eigenvalue weighted by molar-refractivity contribution is 0.0931. The molecule has 0 aliphatic heterocycles. The van der Waals surface area contributed by atoms with Gasteiger partial charge in [0.15, 0.2) is 5.69 Å². The highest BCUT2D eigenvalue weighted by molar-refractivity contribution is 5.92. The molecule has 1 N–H and O–H groups in total. The molecule has 0 aliphatic carbocycles. The maximum Gasteiger partial charge on any atom is 0.273 e. The molecule has 0 aliphatic rings. The summed E-state index contributed by atoms with van der Waals surface area (Å²) in [6, 6.07) is 7.72. The first kappa shape index (κ1) is 14.9. The molecule has 1 atom stereocenters. The molecule has 0 radical (unpaired) electrons. The van der Waals surface area contributed by atoms with E-state index in [1.165, 1.54) is 6.33 Å². The molecule has 3 aromatic rings. The molecule has 2 aromatic heterocycles. The fourth-order valence-electron chi connectivity index (χ4n) is 2.14. The highest BCUT2D eigenvalue weighted by atomic mass is 16.2. The average Bonchev–Trinajstić information content (AvgIpc) is 3.19. The van der Waals surface area contributed by atoms with Crippen LogP contribution in [0.25, 0.3) is 5.69 Å². The molecule has 0 fully saturated rings. The Morgan fingerprint density at radius 1 is 1.30 bits per heavy atom. The van der Waals surface area contributed by atoms with Crippen molar-refractivity contribution in [3.05, 3.63) is 54.4 Å². The van der Waals surface area contributed by atoms with Gasteiger partial charge >= 0.3 is 0 Å². The minimum atomic E-state index is -0.268. The number of nitrogens with one attached hydrogen (secondary N) is 1. The SMILES string of the molecule is Cc1ccc(-n2cc(C(=O)NC(C)Cn3cncn3)nn2)cc1. The molecule has 0 spiro atoms. The Morgan fingerprint density at radius 2 is 2.09 bits per heavy atom. The van der Waals surface area contributed by atoms with Crippen LogP contribution in [0.4, 0.5) is 0 Å². The topological polar surface area (TPSA) is 90.5 Å². The van der Waals surface area contributed by atoms with Gasteiger partial charge in [-0.3, -0.25) is 9.48 Å². The number of carbonyl (C=O) groups excluding carboxylic acids is 1. The molecule has 8 nitrogen and oxygen atoms in total. The number of aryl methyl sites for hydroxylation is 1. The van der Waals surface area contributed by atoms with Crippen LogP contribution in [0.1, 0.15) is 23.0 Å². The van der Waals surface area contributed by atoms with Gasteiger partial charge in [-0.05, 0) is 26.0 Å². The summed E-state index contributed by atoms with van der Waals surface area (Å²) in [5, 5.41) is 14.8. The van der Waals surface area contributed by atoms with E-state index in [0.717, 1.165) is 11.3 Å². The average molecular weight is 311 g/mol. The minimum absolute atomic E-state index is 0.103. The second-order valence-corrected chi connectivity index (χ2v) is 5.38. The van der Waals surface area contributed by atoms with Crippen molar-refractivity contribution in [2.24, 2.45) is 0 Å². The summed E-state index contributed by atoms with van der Waals surface area (Å²) in [6.07, 6.45) is 4.68. The Kier molecular flexibility index (Phi) is 4.13. The van der Waals surface area contributed by atoms with E-state index in [-0.39, 0.29) is 17.6 Å². The van der Waals surface area contributed by atoms with Crippen LogP contribution in [-0.2, 0) is 6.54 Å². The number of carbonyl (C=O) groups is 1. The predicted molar refractivity (Wildman–Crippen MR) is 83.0 cm³/mol. The van der Waals surface area contributed by atoms with E-state index in [1.807, 2.05) is 38.1 Å². The molecule has 1 amide bonds. The van der Waals surface area contributed by atoms with E-state index in [1.54, 1.807) is 21.9 Å². The van der Waals surface area contributed by atoms with Crippen molar-refractivity contribution in [1.82, 2.24) is 35.1 Å². The molecule has 1 aromatic carbocycles. The zero-order valence-corrected chi connectivity index (χ0v) is 12.9. The lowest BCUT2D eigenvalue weighted by Gasteiger charge is -2.12. The summed E-state index contributed by atoms with van der Waals surface area (Å²) < 4.78 is 3.24. The van der Waals surface area contributed by atoms with E-state index < -0.39 is 0 Å². The van der Waals surface area contributed by atoms with Gasteiger partial charge in [-0.1, -0.05) is 22.9 Å². The standard InChI is InChI=1S/C15H17N7O/c1-11-3-5-13(6-4-11)22-8-14(19-20-22)15(23)18-12(2)7-21-10-16-9-17-21/h3-6,8-10,12H,7H2,1-2H3,(H,18,23). The predicted octanol–water partition coefficient (Wildman–Crippen LogP) is 0.986. The van der Waals surface area contributed by atoms with Crippen molar-refractivity contribution in [3.8, 4) is 5.69 Å². The monoisotopic (exact) mass is 311 g/mol. The zero-order chi connectivity index (χ0) is 16.2. The molecular formula is C15H17N7O. The Labute approximate surface area is 133 Å². The number of hydrogen-bond donors (Lipinski definition) is 1. The van der Waals surface area contributed by atoms with Crippen molar-refractivity contribution in [2.45, 2.75) is 26.4 Å². The van der Waals surface area contributed by atoms with E-state index in [9.17, 15) is 4.79 Å². The van der Waals surface area contributed by atoms with Crippen LogP contribution in [0.5, 0.6) is 0 Å². The van der Waals surface area contributed by atoms with Gasteiger partial charge in [-0.2, -0.15) is 5.10 Å². The molecule has 0 bridgehead atoms. The van der Waals surface area contributed by atoms with Gasteiger partial charge in [0.1, 0.15) is 12.7 Å². The first-order valence-electron chi connectivity index (χ1n) is 7.24. The smallest absolute Gasteiger partial charge is 0.273 e. The third-order valence-electron chi connectivity index (χ3n) is 3.33. The summed E-state index contributed by atoms with van der Waals surface area (Å²) in [6.45, 7) is 4.45. The lowest BCUT2D eigenvalue weighted by atomic mass is 10.2. The van der Waals surface area contributed by atoms with Crippen molar-refractivity contribution in [2.75, 3.05) is 0 Å². The molecule has 118 valence electrons. The van der Waals surface area contributed by atoms with Crippen molar-refractivity contribution in [1.29, 1.82) is 0 Å². The van der Waals surface area contributed by atoms with Crippen LogP contribution in [0, 0.1) is 6.92 Å². The fraction of sp³-hybridized carbons (Fsp3) is 0.267. The molecular weight excluding hydrogens is 294 g/mol. The van der Waals surface area contributed by atoms with Gasteiger partial charge < -0.3 is 5.32 Å². The molecule has 0 saturated heterocycles. The number of benzene rings is 1. The van der Waals surface area contributed by atoms with Crippen LogP contribution in [0.2, 0.25) is 0 Å². The second kappa shape index (κ2) is 6.39. The molecule has 1 unspecified atom stereocenters. The van der Waals surface area contributed by atoms with Gasteiger partial charge in [0.25, 0.3) is 5.91 Å². The van der Waals surface area contributed by atoms with Gasteiger partial charge in [0.05, 0.1) is 18.4 Å². The van der Waals surface area contributed by atoms with Gasteiger partial charge in [-0.25, -0.2) is 9.67 Å². The quantitative estimate of drug-likeness (QED) is 0.758. The van der Waals surface area contributed by atoms with Crippen LogP contribution in [0.3, 0.4) is 0 Å². The van der Waals surface area contributed by atoms with Gasteiger partial charge in [0, 0.05) is 6.04 Å². The highest BCUT2D eigenvalue weighted by Gasteiger charge is 2.14. The van der Waals surface area contributed by atoms with Crippen molar-refractivity contribution >= 4 is 5.91 Å². The van der Waals surface area contributed by atoms with Gasteiger partial charge in [-0.15, -0.1) is 5.10 Å². The number of nitrogens with zero attached hydrogens (tertiary/aromatic N) is 6. The summed E-state index contributed by atoms with van der Waals surface area (Å²) in [5.74, 6) is -0.268. The Hall–Kier alpha value is -3.03. The van der Waals surface area contributed by atoms with Gasteiger partial charge in [0.2, 0.25) is 0 Å². The minimum Gasteiger partial charge on any atom is -0.346 e. The fourth-order valence-corrected chi connectivity index (χ4v) is 2.14. The largest absolute Gasteiger partial charge is 0.346 e. The number of hydrogen-bond acceptors (Lipinski definition) is 5. The maximum absolute atomic E-state index is 12.2. The first-order valence-corrected chi connectivity index (χ1v) is 7.24. The maximum atomic E-state index is 12.2. The Bertz CT molecular complexity index is 777. The zero-order valence-electron chi connectivity index (χ0n) is 12.9. The van der Waals surface area contributed by atoms with Crippen molar-refractivity contribution in [3.63, 3.8) is 0 Å². The summed E-state index contributed by atoms with van der Waals surface area (Å²) in [4.78, 5) is 16.1. The summed E-state index contributed by atoms with van der Waals surface area (Å²) in [5.41, 5.74) is 2.29. The van der Waals surface area contributed by atoms with Crippen LogP contribution in [-0.4, -0.2) is 41.7 Å². The summed E-state index contributed by atoms with van der Waals surface area (Å²) in [7, 11) is 0. The van der Waals surface area contributed by atoms with Crippen LogP contribution >= 0.6 is 0 Å². The van der Waals surface area contributed by atoms with E-state index in [0.29, 0.717) is 6.54 Å². The molecule has 3 rings (SSSR count). The number of rotatable bonds is 5. The number of aromatic nitrogens is 6. The first-order chi connectivity index (χ1) is 11.1. The third-order valence-corrected chi connectivity index (χ3v) is 3.33. The Balaban J connectivity index is 1.65. The Morgan fingerprint density at radius 3 is 2.78 bits per heavy atom. The molecule has 2 heterocycles.